The Bertz CT molecular complexity index is 931. The van der Waals surface area contributed by atoms with Gasteiger partial charge in [-0.2, -0.15) is 5.10 Å². The van der Waals surface area contributed by atoms with Crippen LogP contribution >= 0.6 is 34.8 Å². The topological polar surface area (TPSA) is 59.0 Å². The van der Waals surface area contributed by atoms with Gasteiger partial charge in [-0.15, -0.1) is 0 Å². The van der Waals surface area contributed by atoms with Crippen LogP contribution < -0.4 is 10.9 Å². The summed E-state index contributed by atoms with van der Waals surface area (Å²) < 4.78 is 1.73. The molecule has 0 aliphatic rings. The van der Waals surface area contributed by atoms with Gasteiger partial charge < -0.3 is 0 Å². The van der Waals surface area contributed by atoms with Crippen LogP contribution in [0.5, 0.6) is 0 Å². The average Bonchev–Trinajstić information content (AvgIpc) is 3.09. The molecule has 0 saturated heterocycles. The van der Waals surface area contributed by atoms with Crippen molar-refractivity contribution in [1.29, 1.82) is 0 Å². The van der Waals surface area contributed by atoms with Crippen molar-refractivity contribution in [3.63, 3.8) is 0 Å². The van der Waals surface area contributed by atoms with E-state index >= 15 is 0 Å². The van der Waals surface area contributed by atoms with Crippen LogP contribution in [0.1, 0.15) is 5.56 Å². The Kier molecular flexibility index (Phi) is 5.83. The summed E-state index contributed by atoms with van der Waals surface area (Å²) in [5.41, 5.74) is 7.27. The standard InChI is InChI=1S/C18H13Cl3N4O/c19-13-8-15(20)18(16(21)9-13)24-23-17(26)7-6-12-10-22-25(11-12)14-4-2-1-3-5-14/h1-11,24H,(H,23,26)/b7-6+. The molecule has 0 aliphatic heterocycles. The normalized spacial score (nSPS) is 10.9. The van der Waals surface area contributed by atoms with Crippen molar-refractivity contribution in [2.45, 2.75) is 0 Å². The molecule has 3 aromatic rings. The first-order valence-electron chi connectivity index (χ1n) is 7.51. The zero-order valence-electron chi connectivity index (χ0n) is 13.3. The molecule has 2 aromatic carbocycles. The largest absolute Gasteiger partial charge is 0.295 e. The van der Waals surface area contributed by atoms with Crippen LogP contribution in [-0.4, -0.2) is 15.7 Å². The van der Waals surface area contributed by atoms with Crippen LogP contribution in [0.25, 0.3) is 11.8 Å². The van der Waals surface area contributed by atoms with E-state index in [9.17, 15) is 4.79 Å². The Morgan fingerprint density at radius 3 is 2.46 bits per heavy atom. The minimum Gasteiger partial charge on any atom is -0.295 e. The number of hydrazine groups is 1. The van der Waals surface area contributed by atoms with E-state index in [-0.39, 0.29) is 5.91 Å². The number of nitrogens with one attached hydrogen (secondary N) is 2. The number of para-hydroxylation sites is 1. The van der Waals surface area contributed by atoms with Gasteiger partial charge in [-0.3, -0.25) is 15.6 Å². The summed E-state index contributed by atoms with van der Waals surface area (Å²) in [7, 11) is 0. The minimum absolute atomic E-state index is 0.302. The van der Waals surface area contributed by atoms with Gasteiger partial charge in [-0.1, -0.05) is 53.0 Å². The van der Waals surface area contributed by atoms with Crippen molar-refractivity contribution >= 4 is 52.5 Å². The second-order valence-corrected chi connectivity index (χ2v) is 6.50. The molecule has 132 valence electrons. The van der Waals surface area contributed by atoms with Crippen LogP contribution in [0.3, 0.4) is 0 Å². The van der Waals surface area contributed by atoms with Crippen molar-refractivity contribution < 1.29 is 4.79 Å². The van der Waals surface area contributed by atoms with E-state index in [0.717, 1.165) is 11.3 Å². The summed E-state index contributed by atoms with van der Waals surface area (Å²) in [6, 6.07) is 12.7. The first kappa shape index (κ1) is 18.3. The lowest BCUT2D eigenvalue weighted by Crippen LogP contribution is -2.27. The third kappa shape index (κ3) is 4.58. The number of carbonyl (C=O) groups is 1. The molecule has 3 rings (SSSR count). The van der Waals surface area contributed by atoms with Gasteiger partial charge in [0.2, 0.25) is 0 Å². The van der Waals surface area contributed by atoms with Crippen LogP contribution in [-0.2, 0) is 4.79 Å². The monoisotopic (exact) mass is 406 g/mol. The summed E-state index contributed by atoms with van der Waals surface area (Å²) in [4.78, 5) is 12.0. The van der Waals surface area contributed by atoms with Crippen LogP contribution in [0.4, 0.5) is 5.69 Å². The molecular formula is C18H13Cl3N4O. The van der Waals surface area contributed by atoms with Crippen molar-refractivity contribution in [2.24, 2.45) is 0 Å². The summed E-state index contributed by atoms with van der Waals surface area (Å²) >= 11 is 17.9. The zero-order chi connectivity index (χ0) is 18.5. The van der Waals surface area contributed by atoms with Crippen LogP contribution in [0, 0.1) is 0 Å². The van der Waals surface area contributed by atoms with Gasteiger partial charge in [0.25, 0.3) is 5.91 Å². The maximum absolute atomic E-state index is 12.0. The molecule has 0 aliphatic carbocycles. The number of anilines is 1. The molecule has 5 nitrogen and oxygen atoms in total. The molecule has 0 atom stereocenters. The molecule has 26 heavy (non-hydrogen) atoms. The Balaban J connectivity index is 1.61. The highest BCUT2D eigenvalue weighted by Crippen LogP contribution is 2.33. The molecule has 1 amide bonds. The Labute approximate surface area is 165 Å². The average molecular weight is 408 g/mol. The van der Waals surface area contributed by atoms with Crippen molar-refractivity contribution in [3.8, 4) is 5.69 Å². The first-order valence-corrected chi connectivity index (χ1v) is 8.65. The predicted octanol–water partition coefficient (Wildman–Crippen LogP) is 4.99. The highest BCUT2D eigenvalue weighted by Gasteiger charge is 2.08. The van der Waals surface area contributed by atoms with Gasteiger partial charge in [0, 0.05) is 22.9 Å². The smallest absolute Gasteiger partial charge is 0.262 e. The maximum Gasteiger partial charge on any atom is 0.262 e. The highest BCUT2D eigenvalue weighted by atomic mass is 35.5. The van der Waals surface area contributed by atoms with Crippen LogP contribution in [0.2, 0.25) is 15.1 Å². The van der Waals surface area contributed by atoms with Gasteiger partial charge in [0.1, 0.15) is 0 Å². The Morgan fingerprint density at radius 1 is 1.08 bits per heavy atom. The molecule has 1 heterocycles. The predicted molar refractivity (Wildman–Crippen MR) is 106 cm³/mol. The quantitative estimate of drug-likeness (QED) is 0.463. The molecule has 0 radical (unpaired) electrons. The van der Waals surface area contributed by atoms with Crippen molar-refractivity contribution in [1.82, 2.24) is 15.2 Å². The number of halogens is 3. The van der Waals surface area contributed by atoms with E-state index < -0.39 is 0 Å². The second kappa shape index (κ2) is 8.27. The van der Waals surface area contributed by atoms with E-state index in [1.807, 2.05) is 36.5 Å². The molecule has 0 spiro atoms. The fourth-order valence-electron chi connectivity index (χ4n) is 2.14. The van der Waals surface area contributed by atoms with Gasteiger partial charge >= 0.3 is 0 Å². The third-order valence-electron chi connectivity index (χ3n) is 3.37. The number of nitrogens with zero attached hydrogens (tertiary/aromatic N) is 2. The summed E-state index contributed by atoms with van der Waals surface area (Å²) in [5.74, 6) is -0.375. The fourth-order valence-corrected chi connectivity index (χ4v) is 3.06. The van der Waals surface area contributed by atoms with Crippen LogP contribution in [0.15, 0.2) is 60.9 Å². The van der Waals surface area contributed by atoms with E-state index in [2.05, 4.69) is 16.0 Å². The molecule has 0 unspecified atom stereocenters. The van der Waals surface area contributed by atoms with Gasteiger partial charge in [-0.05, 0) is 30.3 Å². The molecule has 0 bridgehead atoms. The molecule has 8 heteroatoms. The minimum atomic E-state index is -0.375. The number of aromatic nitrogens is 2. The molecular weight excluding hydrogens is 395 g/mol. The summed E-state index contributed by atoms with van der Waals surface area (Å²) in [5, 5.41) is 5.27. The lowest BCUT2D eigenvalue weighted by molar-refractivity contribution is -0.115. The molecule has 0 fully saturated rings. The van der Waals surface area contributed by atoms with E-state index in [0.29, 0.717) is 20.8 Å². The van der Waals surface area contributed by atoms with Crippen molar-refractivity contribution in [3.05, 3.63) is 81.6 Å². The number of benzene rings is 2. The van der Waals surface area contributed by atoms with Gasteiger partial charge in [0.15, 0.2) is 0 Å². The second-order valence-electron chi connectivity index (χ2n) is 5.25. The number of rotatable bonds is 5. The number of carbonyl (C=O) groups excluding carboxylic acids is 1. The van der Waals surface area contributed by atoms with E-state index in [1.165, 1.54) is 18.2 Å². The molecule has 0 saturated carbocycles. The summed E-state index contributed by atoms with van der Waals surface area (Å²) in [6.45, 7) is 0. The van der Waals surface area contributed by atoms with Gasteiger partial charge in [-0.25, -0.2) is 4.68 Å². The third-order valence-corrected chi connectivity index (χ3v) is 4.18. The van der Waals surface area contributed by atoms with E-state index in [1.54, 1.807) is 17.0 Å². The molecule has 2 N–H and O–H groups in total. The van der Waals surface area contributed by atoms with E-state index in [4.69, 9.17) is 34.8 Å². The van der Waals surface area contributed by atoms with Crippen molar-refractivity contribution in [2.75, 3.05) is 5.43 Å². The first-order chi connectivity index (χ1) is 12.5. The Morgan fingerprint density at radius 2 is 1.77 bits per heavy atom. The Hall–Kier alpha value is -2.47. The van der Waals surface area contributed by atoms with Gasteiger partial charge in [0.05, 0.1) is 27.6 Å². The number of amides is 1. The highest BCUT2D eigenvalue weighted by molar-refractivity contribution is 6.41. The lowest BCUT2D eigenvalue weighted by Gasteiger charge is -2.10. The number of hydrogen-bond donors (Lipinski definition) is 2. The summed E-state index contributed by atoms with van der Waals surface area (Å²) in [6.07, 6.45) is 6.50. The molecule has 1 aromatic heterocycles. The fraction of sp³-hybridized carbons (Fsp3) is 0. The lowest BCUT2D eigenvalue weighted by atomic mass is 10.3. The number of hydrogen-bond acceptors (Lipinski definition) is 3. The SMILES string of the molecule is O=C(/C=C/c1cnn(-c2ccccc2)c1)NNc1c(Cl)cc(Cl)cc1Cl. The maximum atomic E-state index is 12.0. The zero-order valence-corrected chi connectivity index (χ0v) is 15.6.